The molecule has 0 aromatic heterocycles. The lowest BCUT2D eigenvalue weighted by Crippen LogP contribution is -2.21. The summed E-state index contributed by atoms with van der Waals surface area (Å²) in [6.45, 7) is 3.20. The van der Waals surface area contributed by atoms with E-state index < -0.39 is 20.5 Å². The van der Waals surface area contributed by atoms with Crippen LogP contribution in [0.3, 0.4) is 0 Å². The first kappa shape index (κ1) is 16.5. The second-order valence-electron chi connectivity index (χ2n) is 3.98. The monoisotopic (exact) mass is 306 g/mol. The van der Waals surface area contributed by atoms with Gasteiger partial charge in [-0.15, -0.1) is 0 Å². The molecule has 0 spiro atoms. The maximum Gasteiger partial charge on any atom is 0.341 e. The Bertz CT molecular complexity index is 544. The number of sulfone groups is 1. The molecule has 0 heterocycles. The lowest BCUT2D eigenvalue weighted by atomic mass is 10.3. The molecule has 1 amide bonds. The van der Waals surface area contributed by atoms with E-state index in [4.69, 9.17) is 0 Å². The normalized spacial score (nSPS) is 11.6. The van der Waals surface area contributed by atoms with Crippen molar-refractivity contribution < 1.29 is 22.0 Å². The summed E-state index contributed by atoms with van der Waals surface area (Å²) in [7, 11) is -4.60. The number of amides is 1. The van der Waals surface area contributed by atoms with Crippen LogP contribution in [0, 0.1) is 0 Å². The highest BCUT2D eigenvalue weighted by Gasteiger charge is 2.26. The molecular formula is C12H16F2N2O3S. The Balaban J connectivity index is 2.66. The average Bonchev–Trinajstić information content (AvgIpc) is 2.39. The minimum absolute atomic E-state index is 0.240. The zero-order valence-corrected chi connectivity index (χ0v) is 11.7. The number of rotatable bonds is 7. The molecule has 112 valence electrons. The van der Waals surface area contributed by atoms with Crippen LogP contribution in [0.5, 0.6) is 0 Å². The standard InChI is InChI=1S/C12H16F2N2O3S/c1-2-15-8-7-11(17)16-9-3-5-10(6-4-9)20(18,19)12(13)14/h3-6,12,15H,2,7-8H2,1H3,(H,16,17). The number of anilines is 1. The van der Waals surface area contributed by atoms with Gasteiger partial charge in [-0.05, 0) is 30.8 Å². The van der Waals surface area contributed by atoms with Crippen molar-refractivity contribution in [3.63, 3.8) is 0 Å². The van der Waals surface area contributed by atoms with Crippen molar-refractivity contribution in [2.45, 2.75) is 24.0 Å². The molecule has 0 saturated heterocycles. The van der Waals surface area contributed by atoms with E-state index in [9.17, 15) is 22.0 Å². The van der Waals surface area contributed by atoms with Crippen LogP contribution in [-0.4, -0.2) is 33.2 Å². The number of hydrogen-bond donors (Lipinski definition) is 2. The molecule has 2 N–H and O–H groups in total. The highest BCUT2D eigenvalue weighted by molar-refractivity contribution is 7.91. The van der Waals surface area contributed by atoms with Crippen LogP contribution in [0.4, 0.5) is 14.5 Å². The lowest BCUT2D eigenvalue weighted by Gasteiger charge is -2.07. The molecule has 0 bridgehead atoms. The van der Waals surface area contributed by atoms with E-state index in [1.54, 1.807) is 0 Å². The van der Waals surface area contributed by atoms with Crippen LogP contribution in [0.1, 0.15) is 13.3 Å². The number of alkyl halides is 2. The number of carbonyl (C=O) groups is 1. The van der Waals surface area contributed by atoms with Crippen molar-refractivity contribution >= 4 is 21.4 Å². The first-order valence-electron chi connectivity index (χ1n) is 6.00. The van der Waals surface area contributed by atoms with Crippen LogP contribution >= 0.6 is 0 Å². The molecule has 0 unspecified atom stereocenters. The molecule has 5 nitrogen and oxygen atoms in total. The van der Waals surface area contributed by atoms with Gasteiger partial charge in [-0.1, -0.05) is 6.92 Å². The molecule has 1 aromatic carbocycles. The highest BCUT2D eigenvalue weighted by atomic mass is 32.2. The lowest BCUT2D eigenvalue weighted by molar-refractivity contribution is -0.116. The maximum atomic E-state index is 12.3. The van der Waals surface area contributed by atoms with Crippen molar-refractivity contribution in [1.29, 1.82) is 0 Å². The Hall–Kier alpha value is -1.54. The predicted octanol–water partition coefficient (Wildman–Crippen LogP) is 1.62. The van der Waals surface area contributed by atoms with E-state index >= 15 is 0 Å². The summed E-state index contributed by atoms with van der Waals surface area (Å²) in [4.78, 5) is 11.0. The minimum atomic E-state index is -4.60. The highest BCUT2D eigenvalue weighted by Crippen LogP contribution is 2.20. The Morgan fingerprint density at radius 2 is 1.85 bits per heavy atom. The van der Waals surface area contributed by atoms with Crippen LogP contribution < -0.4 is 10.6 Å². The Morgan fingerprint density at radius 3 is 2.35 bits per heavy atom. The van der Waals surface area contributed by atoms with Gasteiger partial charge in [-0.3, -0.25) is 4.79 Å². The summed E-state index contributed by atoms with van der Waals surface area (Å²) in [5.74, 6) is -3.70. The Labute approximate surface area is 116 Å². The Morgan fingerprint density at radius 1 is 1.25 bits per heavy atom. The minimum Gasteiger partial charge on any atom is -0.326 e. The van der Waals surface area contributed by atoms with E-state index in [1.807, 2.05) is 6.92 Å². The number of halogens is 2. The molecule has 0 fully saturated rings. The second kappa shape index (κ2) is 7.30. The van der Waals surface area contributed by atoms with Crippen LogP contribution in [0.2, 0.25) is 0 Å². The fourth-order valence-corrected chi connectivity index (χ4v) is 2.15. The molecule has 0 aliphatic carbocycles. The second-order valence-corrected chi connectivity index (χ2v) is 5.90. The number of benzene rings is 1. The summed E-state index contributed by atoms with van der Waals surface area (Å²) in [5.41, 5.74) is 0.361. The zero-order valence-electron chi connectivity index (χ0n) is 10.9. The van der Waals surface area contributed by atoms with E-state index in [1.165, 1.54) is 12.1 Å². The topological polar surface area (TPSA) is 75.3 Å². The zero-order chi connectivity index (χ0) is 15.2. The molecule has 0 aliphatic heterocycles. The third-order valence-electron chi connectivity index (χ3n) is 2.48. The number of nitrogens with one attached hydrogen (secondary N) is 2. The molecule has 1 aromatic rings. The van der Waals surface area contributed by atoms with E-state index in [0.717, 1.165) is 18.7 Å². The fourth-order valence-electron chi connectivity index (χ4n) is 1.43. The average molecular weight is 306 g/mol. The van der Waals surface area contributed by atoms with Crippen LogP contribution in [0.25, 0.3) is 0 Å². The van der Waals surface area contributed by atoms with Crippen molar-refractivity contribution in [3.05, 3.63) is 24.3 Å². The number of carbonyl (C=O) groups excluding carboxylic acids is 1. The van der Waals surface area contributed by atoms with Gasteiger partial charge in [0.2, 0.25) is 15.7 Å². The fraction of sp³-hybridized carbons (Fsp3) is 0.417. The van der Waals surface area contributed by atoms with Gasteiger partial charge in [-0.25, -0.2) is 8.42 Å². The molecule has 8 heteroatoms. The third-order valence-corrected chi connectivity index (χ3v) is 3.88. The first-order valence-corrected chi connectivity index (χ1v) is 7.55. The van der Waals surface area contributed by atoms with Crippen LogP contribution in [0.15, 0.2) is 29.2 Å². The van der Waals surface area contributed by atoms with Gasteiger partial charge >= 0.3 is 5.76 Å². The maximum absolute atomic E-state index is 12.3. The van der Waals surface area contributed by atoms with Crippen molar-refractivity contribution in [2.24, 2.45) is 0 Å². The summed E-state index contributed by atoms with van der Waals surface area (Å²) in [6, 6.07) is 4.64. The molecule has 0 saturated carbocycles. The van der Waals surface area contributed by atoms with E-state index in [2.05, 4.69) is 10.6 Å². The summed E-state index contributed by atoms with van der Waals surface area (Å²) in [5, 5.41) is 5.53. The van der Waals surface area contributed by atoms with Gasteiger partial charge in [0.25, 0.3) is 0 Å². The molecule has 0 radical (unpaired) electrons. The Kier molecular flexibility index (Phi) is 6.03. The first-order chi connectivity index (χ1) is 9.37. The van der Waals surface area contributed by atoms with Gasteiger partial charge in [0, 0.05) is 18.7 Å². The molecule has 0 atom stereocenters. The summed E-state index contributed by atoms with van der Waals surface area (Å²) < 4.78 is 47.0. The number of hydrogen-bond acceptors (Lipinski definition) is 4. The van der Waals surface area contributed by atoms with Gasteiger partial charge in [0.15, 0.2) is 0 Å². The van der Waals surface area contributed by atoms with Gasteiger partial charge in [-0.2, -0.15) is 8.78 Å². The van der Waals surface area contributed by atoms with Crippen LogP contribution in [-0.2, 0) is 14.6 Å². The van der Waals surface area contributed by atoms with Gasteiger partial charge in [0.1, 0.15) is 0 Å². The third kappa shape index (κ3) is 4.53. The van der Waals surface area contributed by atoms with E-state index in [-0.39, 0.29) is 12.3 Å². The smallest absolute Gasteiger partial charge is 0.326 e. The van der Waals surface area contributed by atoms with E-state index in [0.29, 0.717) is 12.2 Å². The summed E-state index contributed by atoms with van der Waals surface area (Å²) in [6.07, 6.45) is 0.269. The summed E-state index contributed by atoms with van der Waals surface area (Å²) >= 11 is 0. The van der Waals surface area contributed by atoms with Crippen molar-refractivity contribution in [2.75, 3.05) is 18.4 Å². The molecule has 0 aliphatic rings. The van der Waals surface area contributed by atoms with Gasteiger partial charge in [0.05, 0.1) is 4.90 Å². The molecule has 20 heavy (non-hydrogen) atoms. The quantitative estimate of drug-likeness (QED) is 0.751. The van der Waals surface area contributed by atoms with Gasteiger partial charge < -0.3 is 10.6 Å². The van der Waals surface area contributed by atoms with Crippen molar-refractivity contribution in [1.82, 2.24) is 5.32 Å². The van der Waals surface area contributed by atoms with Crippen molar-refractivity contribution in [3.8, 4) is 0 Å². The molecule has 1 rings (SSSR count). The molecular weight excluding hydrogens is 290 g/mol. The predicted molar refractivity (Wildman–Crippen MR) is 71.4 cm³/mol. The largest absolute Gasteiger partial charge is 0.341 e. The SMILES string of the molecule is CCNCCC(=O)Nc1ccc(S(=O)(=O)C(F)F)cc1.